The van der Waals surface area contributed by atoms with Crippen LogP contribution in [-0.4, -0.2) is 24.2 Å². The highest BCUT2D eigenvalue weighted by atomic mass is 19.1. The van der Waals surface area contributed by atoms with Gasteiger partial charge < -0.3 is 15.2 Å². The van der Waals surface area contributed by atoms with Crippen molar-refractivity contribution < 1.29 is 18.8 Å². The summed E-state index contributed by atoms with van der Waals surface area (Å²) < 4.78 is 24.3. The Morgan fingerprint density at radius 2 is 2.15 bits per heavy atom. The predicted molar refractivity (Wildman–Crippen MR) is 70.5 cm³/mol. The largest absolute Gasteiger partial charge is 0.490 e. The van der Waals surface area contributed by atoms with Crippen LogP contribution in [0.3, 0.4) is 0 Å². The summed E-state index contributed by atoms with van der Waals surface area (Å²) in [5, 5.41) is 10.8. The molecule has 2 N–H and O–H groups in total. The van der Waals surface area contributed by atoms with Crippen molar-refractivity contribution in [2.24, 2.45) is 5.73 Å². The van der Waals surface area contributed by atoms with Crippen LogP contribution < -0.4 is 15.2 Å². The summed E-state index contributed by atoms with van der Waals surface area (Å²) >= 11 is 0. The molecule has 1 saturated carbocycles. The average molecular weight is 284 g/mol. The number of halogens is 1. The molecular formula is C13H17FN2O4. The van der Waals surface area contributed by atoms with Gasteiger partial charge in [0.05, 0.1) is 18.1 Å². The van der Waals surface area contributed by atoms with Gasteiger partial charge in [0.15, 0.2) is 11.6 Å². The van der Waals surface area contributed by atoms with Crippen molar-refractivity contribution in [2.45, 2.75) is 37.8 Å². The predicted octanol–water partition coefficient (Wildman–Crippen LogP) is 2.39. The molecule has 0 heterocycles. The van der Waals surface area contributed by atoms with Gasteiger partial charge in [-0.1, -0.05) is 0 Å². The van der Waals surface area contributed by atoms with E-state index in [2.05, 4.69) is 0 Å². The number of hydrogen-bond donors (Lipinski definition) is 1. The fourth-order valence-electron chi connectivity index (χ4n) is 2.39. The smallest absolute Gasteiger partial charge is 0.314 e. The number of nitrogens with two attached hydrogens (primary N) is 1. The van der Waals surface area contributed by atoms with Gasteiger partial charge in [-0.05, 0) is 25.7 Å². The Morgan fingerprint density at radius 3 is 2.75 bits per heavy atom. The average Bonchev–Trinajstić information content (AvgIpc) is 2.40. The molecule has 0 spiro atoms. The van der Waals surface area contributed by atoms with Gasteiger partial charge in [-0.3, -0.25) is 10.1 Å². The van der Waals surface area contributed by atoms with Crippen LogP contribution in [0.1, 0.15) is 25.7 Å². The molecule has 1 aromatic carbocycles. The van der Waals surface area contributed by atoms with E-state index in [0.717, 1.165) is 25.3 Å². The van der Waals surface area contributed by atoms with Crippen LogP contribution in [0.25, 0.3) is 0 Å². The Balaban J connectivity index is 2.21. The summed E-state index contributed by atoms with van der Waals surface area (Å²) in [4.78, 5) is 10.1. The lowest BCUT2D eigenvalue weighted by Gasteiger charge is -2.27. The van der Waals surface area contributed by atoms with Gasteiger partial charge in [0.2, 0.25) is 5.75 Å². The molecule has 6 nitrogen and oxygen atoms in total. The van der Waals surface area contributed by atoms with Crippen LogP contribution >= 0.6 is 0 Å². The molecule has 1 fully saturated rings. The third kappa shape index (κ3) is 3.16. The van der Waals surface area contributed by atoms with E-state index < -0.39 is 16.4 Å². The maximum absolute atomic E-state index is 13.9. The number of hydrogen-bond acceptors (Lipinski definition) is 5. The van der Waals surface area contributed by atoms with Crippen LogP contribution in [0, 0.1) is 15.9 Å². The van der Waals surface area contributed by atoms with Crippen molar-refractivity contribution in [2.75, 3.05) is 7.11 Å². The SMILES string of the molecule is COc1cc(OC2CCCC(N)C2)c(F)cc1[N+](=O)[O-]. The van der Waals surface area contributed by atoms with Crippen molar-refractivity contribution in [3.8, 4) is 11.5 Å². The molecule has 0 aliphatic heterocycles. The van der Waals surface area contributed by atoms with Gasteiger partial charge >= 0.3 is 5.69 Å². The quantitative estimate of drug-likeness (QED) is 0.677. The van der Waals surface area contributed by atoms with E-state index in [1.165, 1.54) is 13.2 Å². The van der Waals surface area contributed by atoms with Crippen molar-refractivity contribution in [3.05, 3.63) is 28.1 Å². The second-order valence-electron chi connectivity index (χ2n) is 4.88. The second kappa shape index (κ2) is 6.04. The van der Waals surface area contributed by atoms with Gasteiger partial charge in [-0.25, -0.2) is 4.39 Å². The number of ether oxygens (including phenoxy) is 2. The second-order valence-corrected chi connectivity index (χ2v) is 4.88. The number of benzene rings is 1. The Hall–Kier alpha value is -1.89. The zero-order valence-corrected chi connectivity index (χ0v) is 11.2. The first-order valence-corrected chi connectivity index (χ1v) is 6.45. The third-order valence-corrected chi connectivity index (χ3v) is 3.39. The molecular weight excluding hydrogens is 267 g/mol. The summed E-state index contributed by atoms with van der Waals surface area (Å²) in [5.74, 6) is -0.824. The summed E-state index contributed by atoms with van der Waals surface area (Å²) in [6.07, 6.45) is 3.15. The molecule has 20 heavy (non-hydrogen) atoms. The topological polar surface area (TPSA) is 87.6 Å². The lowest BCUT2D eigenvalue weighted by Crippen LogP contribution is -2.33. The number of nitrogens with zero attached hydrogens (tertiary/aromatic N) is 1. The first-order chi connectivity index (χ1) is 9.51. The van der Waals surface area contributed by atoms with E-state index in [-0.39, 0.29) is 23.6 Å². The van der Waals surface area contributed by atoms with Crippen LogP contribution in [0.15, 0.2) is 12.1 Å². The van der Waals surface area contributed by atoms with Gasteiger partial charge in [0.1, 0.15) is 6.10 Å². The Bertz CT molecular complexity index is 509. The Morgan fingerprint density at radius 1 is 1.40 bits per heavy atom. The molecule has 0 bridgehead atoms. The van der Waals surface area contributed by atoms with Crippen LogP contribution in [0.2, 0.25) is 0 Å². The van der Waals surface area contributed by atoms with E-state index in [1.54, 1.807) is 0 Å². The zero-order valence-electron chi connectivity index (χ0n) is 11.2. The first-order valence-electron chi connectivity index (χ1n) is 6.45. The third-order valence-electron chi connectivity index (χ3n) is 3.39. The molecule has 1 aliphatic rings. The van der Waals surface area contributed by atoms with Gasteiger partial charge in [0.25, 0.3) is 0 Å². The number of methoxy groups -OCH3 is 1. The normalized spacial score (nSPS) is 22.4. The molecule has 0 amide bonds. The van der Waals surface area contributed by atoms with Crippen molar-refractivity contribution >= 4 is 5.69 Å². The lowest BCUT2D eigenvalue weighted by atomic mass is 9.93. The number of nitro benzene ring substituents is 1. The van der Waals surface area contributed by atoms with Gasteiger partial charge in [-0.15, -0.1) is 0 Å². The van der Waals surface area contributed by atoms with Crippen LogP contribution in [0.4, 0.5) is 10.1 Å². The van der Waals surface area contributed by atoms with E-state index >= 15 is 0 Å². The van der Waals surface area contributed by atoms with Crippen molar-refractivity contribution in [1.82, 2.24) is 0 Å². The minimum absolute atomic E-state index is 0.0218. The molecule has 2 rings (SSSR count). The minimum Gasteiger partial charge on any atom is -0.490 e. The molecule has 7 heteroatoms. The zero-order chi connectivity index (χ0) is 14.7. The molecule has 2 atom stereocenters. The maximum atomic E-state index is 13.9. The summed E-state index contributed by atoms with van der Waals surface area (Å²) in [6.45, 7) is 0. The van der Waals surface area contributed by atoms with Crippen LogP contribution in [-0.2, 0) is 0 Å². The summed E-state index contributed by atoms with van der Waals surface area (Å²) in [6, 6.07) is 2.08. The van der Waals surface area contributed by atoms with Crippen molar-refractivity contribution in [3.63, 3.8) is 0 Å². The lowest BCUT2D eigenvalue weighted by molar-refractivity contribution is -0.386. The molecule has 1 aliphatic carbocycles. The standard InChI is InChI=1S/C13H17FN2O4/c1-19-13-7-12(10(14)6-11(13)16(17)18)20-9-4-2-3-8(15)5-9/h6-9H,2-5,15H2,1H3. The van der Waals surface area contributed by atoms with E-state index in [0.29, 0.717) is 6.42 Å². The summed E-state index contributed by atoms with van der Waals surface area (Å²) in [7, 11) is 1.29. The number of nitro groups is 1. The van der Waals surface area contributed by atoms with E-state index in [1.807, 2.05) is 0 Å². The van der Waals surface area contributed by atoms with E-state index in [4.69, 9.17) is 15.2 Å². The maximum Gasteiger partial charge on any atom is 0.314 e. The van der Waals surface area contributed by atoms with Crippen molar-refractivity contribution in [1.29, 1.82) is 0 Å². The monoisotopic (exact) mass is 284 g/mol. The molecule has 0 radical (unpaired) electrons. The highest BCUT2D eigenvalue weighted by Crippen LogP contribution is 2.35. The van der Waals surface area contributed by atoms with Gasteiger partial charge in [-0.2, -0.15) is 0 Å². The molecule has 0 saturated heterocycles. The molecule has 1 aromatic rings. The molecule has 0 aromatic heterocycles. The number of rotatable bonds is 4. The van der Waals surface area contributed by atoms with E-state index in [9.17, 15) is 14.5 Å². The Labute approximate surface area is 115 Å². The molecule has 110 valence electrons. The van der Waals surface area contributed by atoms with Crippen LogP contribution in [0.5, 0.6) is 11.5 Å². The fourth-order valence-corrected chi connectivity index (χ4v) is 2.39. The Kier molecular flexibility index (Phi) is 4.39. The minimum atomic E-state index is -0.767. The summed E-state index contributed by atoms with van der Waals surface area (Å²) in [5.41, 5.74) is 5.43. The first kappa shape index (κ1) is 14.5. The fraction of sp³-hybridized carbons (Fsp3) is 0.538. The highest BCUT2D eigenvalue weighted by Gasteiger charge is 2.24. The molecule has 2 unspecified atom stereocenters. The van der Waals surface area contributed by atoms with Gasteiger partial charge in [0, 0.05) is 12.1 Å². The highest BCUT2D eigenvalue weighted by molar-refractivity contribution is 5.51.